The van der Waals surface area contributed by atoms with Crippen LogP contribution in [0.25, 0.3) is 0 Å². The summed E-state index contributed by atoms with van der Waals surface area (Å²) in [6.45, 7) is 0.0805. The molecular formula is C13H12N2O4S. The van der Waals surface area contributed by atoms with Gasteiger partial charge in [0.2, 0.25) is 10.0 Å². The molecular weight excluding hydrogens is 280 g/mol. The number of carbonyl (C=O) groups is 1. The van der Waals surface area contributed by atoms with Crippen molar-refractivity contribution in [1.29, 1.82) is 0 Å². The van der Waals surface area contributed by atoms with E-state index in [4.69, 9.17) is 5.11 Å². The SMILES string of the molecule is O=C(O)c1ccc(CNS(=O)(=O)c2cccnc2)cc1. The topological polar surface area (TPSA) is 96.4 Å². The first-order chi connectivity index (χ1) is 9.49. The van der Waals surface area contributed by atoms with E-state index in [1.54, 1.807) is 12.1 Å². The van der Waals surface area contributed by atoms with Crippen LogP contribution < -0.4 is 4.72 Å². The Morgan fingerprint density at radius 3 is 2.45 bits per heavy atom. The van der Waals surface area contributed by atoms with Crippen LogP contribution in [-0.2, 0) is 16.6 Å². The number of benzene rings is 1. The fourth-order valence-corrected chi connectivity index (χ4v) is 2.51. The lowest BCUT2D eigenvalue weighted by atomic mass is 10.1. The second kappa shape index (κ2) is 5.81. The van der Waals surface area contributed by atoms with Crippen molar-refractivity contribution >= 4 is 16.0 Å². The third-order valence-corrected chi connectivity index (χ3v) is 4.00. The zero-order valence-corrected chi connectivity index (χ0v) is 11.2. The van der Waals surface area contributed by atoms with E-state index in [2.05, 4.69) is 9.71 Å². The quantitative estimate of drug-likeness (QED) is 0.864. The lowest BCUT2D eigenvalue weighted by molar-refractivity contribution is 0.0697. The molecule has 6 nitrogen and oxygen atoms in total. The lowest BCUT2D eigenvalue weighted by Gasteiger charge is -2.06. The Labute approximate surface area is 116 Å². The van der Waals surface area contributed by atoms with E-state index < -0.39 is 16.0 Å². The molecule has 0 aliphatic rings. The summed E-state index contributed by atoms with van der Waals surface area (Å²) in [5.41, 5.74) is 0.825. The highest BCUT2D eigenvalue weighted by atomic mass is 32.2. The van der Waals surface area contributed by atoms with E-state index in [1.807, 2.05) is 0 Å². The van der Waals surface area contributed by atoms with Crippen molar-refractivity contribution in [2.45, 2.75) is 11.4 Å². The minimum absolute atomic E-state index is 0.0805. The Bertz CT molecular complexity index is 697. The van der Waals surface area contributed by atoms with Crippen LogP contribution in [0.3, 0.4) is 0 Å². The van der Waals surface area contributed by atoms with Crippen molar-refractivity contribution in [2.75, 3.05) is 0 Å². The molecule has 0 radical (unpaired) electrons. The van der Waals surface area contributed by atoms with Crippen molar-refractivity contribution in [2.24, 2.45) is 0 Å². The summed E-state index contributed by atoms with van der Waals surface area (Å²) < 4.78 is 26.3. The predicted molar refractivity (Wildman–Crippen MR) is 71.7 cm³/mol. The van der Waals surface area contributed by atoms with E-state index in [0.29, 0.717) is 5.56 Å². The van der Waals surface area contributed by atoms with Crippen LogP contribution >= 0.6 is 0 Å². The Kier molecular flexibility index (Phi) is 4.11. The van der Waals surface area contributed by atoms with Gasteiger partial charge in [0, 0.05) is 18.9 Å². The van der Waals surface area contributed by atoms with Crippen LogP contribution in [0.1, 0.15) is 15.9 Å². The van der Waals surface area contributed by atoms with Gasteiger partial charge in [-0.15, -0.1) is 0 Å². The second-order valence-corrected chi connectivity index (χ2v) is 5.78. The number of nitrogens with zero attached hydrogens (tertiary/aromatic N) is 1. The maximum absolute atomic E-state index is 11.9. The Balaban J connectivity index is 2.07. The maximum atomic E-state index is 11.9. The highest BCUT2D eigenvalue weighted by molar-refractivity contribution is 7.89. The number of sulfonamides is 1. The number of hydrogen-bond donors (Lipinski definition) is 2. The van der Waals surface area contributed by atoms with E-state index in [9.17, 15) is 13.2 Å². The molecule has 0 saturated carbocycles. The number of nitrogens with one attached hydrogen (secondary N) is 1. The molecule has 0 unspecified atom stereocenters. The van der Waals surface area contributed by atoms with Gasteiger partial charge in [0.05, 0.1) is 5.56 Å². The molecule has 0 aliphatic carbocycles. The molecule has 20 heavy (non-hydrogen) atoms. The van der Waals surface area contributed by atoms with Gasteiger partial charge in [0.25, 0.3) is 0 Å². The summed E-state index contributed by atoms with van der Waals surface area (Å²) >= 11 is 0. The van der Waals surface area contributed by atoms with Crippen molar-refractivity contribution < 1.29 is 18.3 Å². The molecule has 1 aromatic carbocycles. The molecule has 0 aliphatic heterocycles. The van der Waals surface area contributed by atoms with Crippen LogP contribution in [-0.4, -0.2) is 24.5 Å². The van der Waals surface area contributed by atoms with Crippen LogP contribution in [0.4, 0.5) is 0 Å². The smallest absolute Gasteiger partial charge is 0.335 e. The summed E-state index contributed by atoms with van der Waals surface area (Å²) in [5.74, 6) is -1.02. The highest BCUT2D eigenvalue weighted by Crippen LogP contribution is 2.08. The van der Waals surface area contributed by atoms with E-state index in [-0.39, 0.29) is 17.0 Å². The summed E-state index contributed by atoms with van der Waals surface area (Å²) in [5, 5.41) is 8.77. The van der Waals surface area contributed by atoms with Crippen LogP contribution in [0.15, 0.2) is 53.7 Å². The zero-order valence-electron chi connectivity index (χ0n) is 10.4. The Morgan fingerprint density at radius 2 is 1.90 bits per heavy atom. The van der Waals surface area contributed by atoms with Crippen molar-refractivity contribution in [3.63, 3.8) is 0 Å². The zero-order chi connectivity index (χ0) is 14.6. The van der Waals surface area contributed by atoms with Gasteiger partial charge in [-0.1, -0.05) is 12.1 Å². The van der Waals surface area contributed by atoms with Gasteiger partial charge in [-0.2, -0.15) is 0 Å². The number of rotatable bonds is 5. The molecule has 0 saturated heterocycles. The van der Waals surface area contributed by atoms with Gasteiger partial charge in [-0.3, -0.25) is 4.98 Å². The largest absolute Gasteiger partial charge is 0.478 e. The van der Waals surface area contributed by atoms with Gasteiger partial charge in [0.1, 0.15) is 4.90 Å². The molecule has 2 N–H and O–H groups in total. The monoisotopic (exact) mass is 292 g/mol. The number of pyridine rings is 1. The minimum atomic E-state index is -3.61. The molecule has 0 bridgehead atoms. The van der Waals surface area contributed by atoms with Gasteiger partial charge in [-0.05, 0) is 29.8 Å². The fourth-order valence-electron chi connectivity index (χ4n) is 1.53. The van der Waals surface area contributed by atoms with E-state index >= 15 is 0 Å². The number of hydrogen-bond acceptors (Lipinski definition) is 4. The first-order valence-electron chi connectivity index (χ1n) is 5.71. The highest BCUT2D eigenvalue weighted by Gasteiger charge is 2.13. The first-order valence-corrected chi connectivity index (χ1v) is 7.19. The predicted octanol–water partition coefficient (Wildman–Crippen LogP) is 1.26. The molecule has 7 heteroatoms. The Morgan fingerprint density at radius 1 is 1.20 bits per heavy atom. The summed E-state index contributed by atoms with van der Waals surface area (Å²) in [4.78, 5) is 14.5. The molecule has 0 amide bonds. The van der Waals surface area contributed by atoms with Crippen molar-refractivity contribution in [1.82, 2.24) is 9.71 Å². The second-order valence-electron chi connectivity index (χ2n) is 4.02. The van der Waals surface area contributed by atoms with Gasteiger partial charge < -0.3 is 5.11 Å². The molecule has 2 aromatic rings. The molecule has 0 fully saturated rings. The van der Waals surface area contributed by atoms with Crippen molar-refractivity contribution in [3.8, 4) is 0 Å². The minimum Gasteiger partial charge on any atom is -0.478 e. The van der Waals surface area contributed by atoms with Gasteiger partial charge in [0.15, 0.2) is 0 Å². The average molecular weight is 292 g/mol. The summed E-state index contributed by atoms with van der Waals surface area (Å²) in [6, 6.07) is 8.97. The van der Waals surface area contributed by atoms with Crippen LogP contribution in [0.5, 0.6) is 0 Å². The van der Waals surface area contributed by atoms with Crippen LogP contribution in [0, 0.1) is 0 Å². The standard InChI is InChI=1S/C13H12N2O4S/c16-13(17)11-5-3-10(4-6-11)8-15-20(18,19)12-2-1-7-14-9-12/h1-7,9,15H,8H2,(H,16,17). The third-order valence-electron chi connectivity index (χ3n) is 2.61. The molecule has 2 rings (SSSR count). The van der Waals surface area contributed by atoms with E-state index in [1.165, 1.54) is 36.7 Å². The summed E-state index contributed by atoms with van der Waals surface area (Å²) in [7, 11) is -3.61. The average Bonchev–Trinajstić information content (AvgIpc) is 2.46. The lowest BCUT2D eigenvalue weighted by Crippen LogP contribution is -2.23. The normalized spacial score (nSPS) is 11.2. The van der Waals surface area contributed by atoms with Crippen LogP contribution in [0.2, 0.25) is 0 Å². The third kappa shape index (κ3) is 3.40. The van der Waals surface area contributed by atoms with Crippen molar-refractivity contribution in [3.05, 3.63) is 59.9 Å². The van der Waals surface area contributed by atoms with E-state index in [0.717, 1.165) is 0 Å². The van der Waals surface area contributed by atoms with Gasteiger partial charge >= 0.3 is 5.97 Å². The first kappa shape index (κ1) is 14.2. The molecule has 1 aromatic heterocycles. The molecule has 1 heterocycles. The number of aromatic nitrogens is 1. The maximum Gasteiger partial charge on any atom is 0.335 e. The number of aromatic carboxylic acids is 1. The fraction of sp³-hybridized carbons (Fsp3) is 0.0769. The molecule has 0 spiro atoms. The molecule has 104 valence electrons. The molecule has 0 atom stereocenters. The number of carboxylic acid groups (broad SMARTS) is 1. The summed E-state index contributed by atoms with van der Waals surface area (Å²) in [6.07, 6.45) is 2.75. The van der Waals surface area contributed by atoms with Gasteiger partial charge in [-0.25, -0.2) is 17.9 Å². The Hall–Kier alpha value is -2.25. The number of carboxylic acids is 1.